The fourth-order valence-electron chi connectivity index (χ4n) is 3.70. The van der Waals surface area contributed by atoms with Crippen molar-refractivity contribution in [2.24, 2.45) is 7.05 Å². The molecule has 33 heavy (non-hydrogen) atoms. The number of oxazole rings is 1. The summed E-state index contributed by atoms with van der Waals surface area (Å²) in [6.45, 7) is 0. The van der Waals surface area contributed by atoms with Crippen LogP contribution >= 0.6 is 15.9 Å². The second-order valence-corrected chi connectivity index (χ2v) is 8.21. The Kier molecular flexibility index (Phi) is 5.04. The molecule has 0 atom stereocenters. The van der Waals surface area contributed by atoms with Crippen LogP contribution in [0.3, 0.4) is 0 Å². The van der Waals surface area contributed by atoms with E-state index in [0.717, 1.165) is 11.6 Å². The predicted molar refractivity (Wildman–Crippen MR) is 118 cm³/mol. The zero-order chi connectivity index (χ0) is 23.3. The van der Waals surface area contributed by atoms with Crippen molar-refractivity contribution in [2.45, 2.75) is 6.18 Å². The normalized spacial score (nSPS) is 11.9. The molecule has 0 bridgehead atoms. The number of fused-ring (bicyclic) bond motifs is 1. The van der Waals surface area contributed by atoms with E-state index >= 15 is 4.39 Å². The Labute approximate surface area is 192 Å². The summed E-state index contributed by atoms with van der Waals surface area (Å²) in [6, 6.07) is 14.3. The topological polar surface area (TPSA) is 56.7 Å². The lowest BCUT2D eigenvalue weighted by Gasteiger charge is -2.14. The third-order valence-electron chi connectivity index (χ3n) is 5.15. The van der Waals surface area contributed by atoms with Gasteiger partial charge in [0, 0.05) is 17.1 Å². The third kappa shape index (κ3) is 3.70. The number of hydrogen-bond acceptors (Lipinski definition) is 4. The number of aryl methyl sites for hydroxylation is 1. The highest BCUT2D eigenvalue weighted by Gasteiger charge is 2.36. The van der Waals surface area contributed by atoms with E-state index in [4.69, 9.17) is 4.42 Å². The van der Waals surface area contributed by atoms with Crippen LogP contribution in [0, 0.1) is 5.82 Å². The quantitative estimate of drug-likeness (QED) is 0.245. The van der Waals surface area contributed by atoms with Crippen molar-refractivity contribution in [3.05, 3.63) is 76.8 Å². The van der Waals surface area contributed by atoms with E-state index in [0.29, 0.717) is 17.0 Å². The number of rotatable bonds is 3. The largest absolute Gasteiger partial charge is 0.435 e. The van der Waals surface area contributed by atoms with Crippen LogP contribution in [0.5, 0.6) is 0 Å². The van der Waals surface area contributed by atoms with E-state index < -0.39 is 23.1 Å². The van der Waals surface area contributed by atoms with Crippen LogP contribution in [-0.2, 0) is 13.2 Å². The number of alkyl halides is 3. The first-order chi connectivity index (χ1) is 15.7. The average Bonchev–Trinajstić information content (AvgIpc) is 3.38. The number of hydrogen-bond donors (Lipinski definition) is 0. The van der Waals surface area contributed by atoms with Crippen LogP contribution in [0.4, 0.5) is 17.6 Å². The van der Waals surface area contributed by atoms with Crippen LogP contribution in [0.25, 0.3) is 45.1 Å². The van der Waals surface area contributed by atoms with Gasteiger partial charge in [-0.3, -0.25) is 0 Å². The molecular formula is C23H13BrF4N4O. The Hall–Kier alpha value is -3.53. The van der Waals surface area contributed by atoms with Crippen molar-refractivity contribution in [3.8, 4) is 34.0 Å². The predicted octanol–water partition coefficient (Wildman–Crippen LogP) is 6.88. The standard InChI is InChI=1S/C23H13BrF4N4O/c1-32-11-29-31-21(32)18-14(12-5-3-2-4-6-12)7-8-16(25)19(18)22-30-17-10-13(24)9-15(20(17)33-22)23(26,27)28/h2-11H,1H3. The fraction of sp³-hybridized carbons (Fsp3) is 0.0870. The molecule has 0 spiro atoms. The van der Waals surface area contributed by atoms with Crippen LogP contribution in [0.15, 0.2) is 69.8 Å². The van der Waals surface area contributed by atoms with Gasteiger partial charge in [-0.2, -0.15) is 13.2 Å². The van der Waals surface area contributed by atoms with Gasteiger partial charge in [0.05, 0.1) is 5.56 Å². The zero-order valence-electron chi connectivity index (χ0n) is 16.9. The van der Waals surface area contributed by atoms with E-state index in [9.17, 15) is 13.2 Å². The van der Waals surface area contributed by atoms with Crippen LogP contribution in [0.1, 0.15) is 5.56 Å². The highest BCUT2D eigenvalue weighted by Crippen LogP contribution is 2.43. The molecule has 0 aliphatic carbocycles. The van der Waals surface area contributed by atoms with Crippen LogP contribution in [0.2, 0.25) is 0 Å². The molecule has 5 aromatic rings. The van der Waals surface area contributed by atoms with E-state index in [1.54, 1.807) is 17.7 Å². The number of nitrogens with zero attached hydrogens (tertiary/aromatic N) is 4. The molecule has 0 amide bonds. The lowest BCUT2D eigenvalue weighted by atomic mass is 9.94. The summed E-state index contributed by atoms with van der Waals surface area (Å²) in [7, 11) is 1.68. The summed E-state index contributed by atoms with van der Waals surface area (Å²) >= 11 is 3.08. The lowest BCUT2D eigenvalue weighted by molar-refractivity contribution is -0.136. The first kappa shape index (κ1) is 21.3. The molecule has 0 aliphatic heterocycles. The molecule has 2 heterocycles. The molecule has 0 saturated heterocycles. The molecule has 0 saturated carbocycles. The van der Waals surface area contributed by atoms with Gasteiger partial charge in [-0.25, -0.2) is 9.37 Å². The van der Waals surface area contributed by atoms with Gasteiger partial charge in [0.25, 0.3) is 0 Å². The number of aromatic nitrogens is 4. The van der Waals surface area contributed by atoms with E-state index in [2.05, 4.69) is 31.1 Å². The minimum absolute atomic E-state index is 0.0554. The first-order valence-corrected chi connectivity index (χ1v) is 10.4. The molecule has 0 radical (unpaired) electrons. The van der Waals surface area contributed by atoms with E-state index in [1.165, 1.54) is 18.5 Å². The average molecular weight is 517 g/mol. The van der Waals surface area contributed by atoms with Gasteiger partial charge in [-0.1, -0.05) is 52.3 Å². The summed E-state index contributed by atoms with van der Waals surface area (Å²) in [4.78, 5) is 4.22. The van der Waals surface area contributed by atoms with Crippen molar-refractivity contribution in [2.75, 3.05) is 0 Å². The van der Waals surface area contributed by atoms with Crippen molar-refractivity contribution in [3.63, 3.8) is 0 Å². The minimum Gasteiger partial charge on any atom is -0.435 e. The van der Waals surface area contributed by atoms with Crippen LogP contribution in [-0.4, -0.2) is 19.7 Å². The number of halogens is 5. The maximum atomic E-state index is 15.3. The number of benzene rings is 3. The van der Waals surface area contributed by atoms with Crippen molar-refractivity contribution < 1.29 is 22.0 Å². The second kappa shape index (κ2) is 7.80. The second-order valence-electron chi connectivity index (χ2n) is 7.29. The summed E-state index contributed by atoms with van der Waals surface area (Å²) in [5.41, 5.74) is 0.0159. The van der Waals surface area contributed by atoms with Gasteiger partial charge >= 0.3 is 6.18 Å². The Balaban J connectivity index is 1.86. The zero-order valence-corrected chi connectivity index (χ0v) is 18.4. The molecule has 166 valence electrons. The van der Waals surface area contributed by atoms with Gasteiger partial charge in [0.2, 0.25) is 5.89 Å². The molecule has 3 aromatic carbocycles. The molecule has 0 fully saturated rings. The molecule has 0 aliphatic rings. The molecule has 5 nitrogen and oxygen atoms in total. The molecule has 2 aromatic heterocycles. The first-order valence-electron chi connectivity index (χ1n) is 9.64. The summed E-state index contributed by atoms with van der Waals surface area (Å²) in [6.07, 6.45) is -3.24. The maximum Gasteiger partial charge on any atom is 0.420 e. The fourth-order valence-corrected chi connectivity index (χ4v) is 4.15. The Morgan fingerprint density at radius 3 is 2.42 bits per heavy atom. The maximum absolute atomic E-state index is 15.3. The van der Waals surface area contributed by atoms with Crippen molar-refractivity contribution in [1.29, 1.82) is 0 Å². The Bertz CT molecular complexity index is 1490. The summed E-state index contributed by atoms with van der Waals surface area (Å²) < 4.78 is 63.5. The van der Waals surface area contributed by atoms with Gasteiger partial charge in [-0.05, 0) is 29.3 Å². The molecule has 5 rings (SSSR count). The lowest BCUT2D eigenvalue weighted by Crippen LogP contribution is -2.05. The molecule has 0 N–H and O–H groups in total. The minimum atomic E-state index is -4.68. The highest BCUT2D eigenvalue weighted by atomic mass is 79.9. The molecular weight excluding hydrogens is 504 g/mol. The van der Waals surface area contributed by atoms with E-state index in [1.807, 2.05) is 30.3 Å². The van der Waals surface area contributed by atoms with Crippen molar-refractivity contribution >= 4 is 27.0 Å². The van der Waals surface area contributed by atoms with Gasteiger partial charge in [-0.15, -0.1) is 10.2 Å². The molecule has 10 heteroatoms. The summed E-state index contributed by atoms with van der Waals surface area (Å²) in [5.74, 6) is -0.698. The molecule has 0 unspecified atom stereocenters. The van der Waals surface area contributed by atoms with Gasteiger partial charge in [0.1, 0.15) is 23.2 Å². The van der Waals surface area contributed by atoms with Gasteiger partial charge < -0.3 is 8.98 Å². The van der Waals surface area contributed by atoms with Crippen LogP contribution < -0.4 is 0 Å². The SMILES string of the molecule is Cn1cnnc1-c1c(-c2ccccc2)ccc(F)c1-c1nc2cc(Br)cc(C(F)(F)F)c2o1. The third-order valence-corrected chi connectivity index (χ3v) is 5.61. The van der Waals surface area contributed by atoms with E-state index in [-0.39, 0.29) is 21.4 Å². The highest BCUT2D eigenvalue weighted by molar-refractivity contribution is 9.10. The van der Waals surface area contributed by atoms with Crippen molar-refractivity contribution in [1.82, 2.24) is 19.7 Å². The Morgan fingerprint density at radius 1 is 1.00 bits per heavy atom. The monoisotopic (exact) mass is 516 g/mol. The Morgan fingerprint density at radius 2 is 1.76 bits per heavy atom. The summed E-state index contributed by atoms with van der Waals surface area (Å²) in [5, 5.41) is 8.00. The smallest absolute Gasteiger partial charge is 0.420 e. The van der Waals surface area contributed by atoms with Gasteiger partial charge in [0.15, 0.2) is 11.4 Å².